The van der Waals surface area contributed by atoms with E-state index in [1.165, 1.54) is 25.1 Å². The van der Waals surface area contributed by atoms with E-state index in [0.717, 1.165) is 0 Å². The van der Waals surface area contributed by atoms with Gasteiger partial charge < -0.3 is 10.8 Å². The maximum absolute atomic E-state index is 13.2. The van der Waals surface area contributed by atoms with Crippen molar-refractivity contribution < 1.29 is 13.9 Å². The van der Waals surface area contributed by atoms with Crippen LogP contribution in [0.25, 0.3) is 0 Å². The quantitative estimate of drug-likeness (QED) is 0.783. The number of aliphatic hydroxyl groups excluding tert-OH is 1. The molecule has 0 aliphatic heterocycles. The van der Waals surface area contributed by atoms with Gasteiger partial charge in [-0.25, -0.2) is 8.78 Å². The Kier molecular flexibility index (Phi) is 3.55. The highest BCUT2D eigenvalue weighted by atomic mass is 19.1. The zero-order chi connectivity index (χ0) is 10.7. The number of hydrogen-bond donors (Lipinski definition) is 2. The fourth-order valence-corrected chi connectivity index (χ4v) is 1.40. The summed E-state index contributed by atoms with van der Waals surface area (Å²) >= 11 is 0. The van der Waals surface area contributed by atoms with Crippen LogP contribution in [0, 0.1) is 5.82 Å². The van der Waals surface area contributed by atoms with Gasteiger partial charge in [-0.05, 0) is 18.6 Å². The number of alkyl halides is 1. The Morgan fingerprint density at radius 2 is 2.14 bits per heavy atom. The topological polar surface area (TPSA) is 46.2 Å². The third-order valence-electron chi connectivity index (χ3n) is 2.08. The number of rotatable bonds is 3. The molecule has 0 aliphatic carbocycles. The molecule has 1 rings (SSSR count). The number of halogens is 2. The largest absolute Gasteiger partial charge is 0.394 e. The number of benzene rings is 1. The molecule has 0 heterocycles. The molecule has 0 aromatic heterocycles. The van der Waals surface area contributed by atoms with E-state index in [0.29, 0.717) is 5.56 Å². The average molecular weight is 201 g/mol. The van der Waals surface area contributed by atoms with Crippen molar-refractivity contribution in [2.45, 2.75) is 19.1 Å². The first-order valence-electron chi connectivity index (χ1n) is 4.36. The monoisotopic (exact) mass is 201 g/mol. The van der Waals surface area contributed by atoms with Crippen molar-refractivity contribution in [3.63, 3.8) is 0 Å². The Morgan fingerprint density at radius 1 is 1.50 bits per heavy atom. The molecule has 1 aromatic carbocycles. The highest BCUT2D eigenvalue weighted by Gasteiger charge is 2.18. The molecule has 2 nitrogen and oxygen atoms in total. The van der Waals surface area contributed by atoms with Gasteiger partial charge in [0.05, 0.1) is 12.6 Å². The lowest BCUT2D eigenvalue weighted by atomic mass is 9.98. The van der Waals surface area contributed by atoms with Gasteiger partial charge in [0.1, 0.15) is 12.0 Å². The van der Waals surface area contributed by atoms with E-state index in [-0.39, 0.29) is 12.2 Å². The predicted molar refractivity (Wildman–Crippen MR) is 49.9 cm³/mol. The van der Waals surface area contributed by atoms with Crippen LogP contribution in [0.2, 0.25) is 0 Å². The first-order valence-corrected chi connectivity index (χ1v) is 4.36. The van der Waals surface area contributed by atoms with Crippen LogP contribution >= 0.6 is 0 Å². The summed E-state index contributed by atoms with van der Waals surface area (Å²) in [6.07, 6.45) is -1.43. The van der Waals surface area contributed by atoms with Gasteiger partial charge in [-0.15, -0.1) is 0 Å². The fraction of sp³-hybridized carbons (Fsp3) is 0.400. The van der Waals surface area contributed by atoms with E-state index in [4.69, 9.17) is 10.8 Å². The highest BCUT2D eigenvalue weighted by Crippen LogP contribution is 2.27. The van der Waals surface area contributed by atoms with Gasteiger partial charge in [0, 0.05) is 5.56 Å². The van der Waals surface area contributed by atoms with Gasteiger partial charge in [-0.1, -0.05) is 12.1 Å². The summed E-state index contributed by atoms with van der Waals surface area (Å²) in [5.41, 5.74) is 5.78. The summed E-state index contributed by atoms with van der Waals surface area (Å²) in [4.78, 5) is 0. The van der Waals surface area contributed by atoms with Gasteiger partial charge >= 0.3 is 0 Å². The van der Waals surface area contributed by atoms with Crippen LogP contribution in [-0.4, -0.2) is 11.7 Å². The van der Waals surface area contributed by atoms with Crippen molar-refractivity contribution in [2.24, 2.45) is 5.73 Å². The van der Waals surface area contributed by atoms with E-state index in [2.05, 4.69) is 0 Å². The average Bonchev–Trinajstić information content (AvgIpc) is 2.15. The summed E-state index contributed by atoms with van der Waals surface area (Å²) in [5.74, 6) is -0.624. The van der Waals surface area contributed by atoms with Gasteiger partial charge in [0.2, 0.25) is 0 Å². The molecule has 78 valence electrons. The van der Waals surface area contributed by atoms with E-state index in [1.807, 2.05) is 0 Å². The highest BCUT2D eigenvalue weighted by molar-refractivity contribution is 5.32. The molecular formula is C10H13F2NO. The second kappa shape index (κ2) is 4.48. The molecule has 14 heavy (non-hydrogen) atoms. The molecule has 1 aromatic rings. The molecule has 2 atom stereocenters. The van der Waals surface area contributed by atoms with Crippen LogP contribution in [-0.2, 0) is 0 Å². The first kappa shape index (κ1) is 11.1. The third kappa shape index (κ3) is 2.08. The van der Waals surface area contributed by atoms with Crippen LogP contribution < -0.4 is 5.73 Å². The van der Waals surface area contributed by atoms with Crippen LogP contribution in [0.3, 0.4) is 0 Å². The normalized spacial score (nSPS) is 15.2. The summed E-state index contributed by atoms with van der Waals surface area (Å²) in [6.45, 7) is 0.912. The molecule has 0 spiro atoms. The van der Waals surface area contributed by atoms with Gasteiger partial charge in [-0.3, -0.25) is 0 Å². The van der Waals surface area contributed by atoms with Crippen molar-refractivity contribution >= 4 is 0 Å². The predicted octanol–water partition coefficient (Wildman–Crippen LogP) is 1.85. The Labute approximate surface area is 81.4 Å². The van der Waals surface area contributed by atoms with Gasteiger partial charge in [0.25, 0.3) is 0 Å². The van der Waals surface area contributed by atoms with E-state index in [9.17, 15) is 8.78 Å². The summed E-state index contributed by atoms with van der Waals surface area (Å²) in [7, 11) is 0. The lowest BCUT2D eigenvalue weighted by Crippen LogP contribution is -2.17. The molecular weight excluding hydrogens is 188 g/mol. The molecule has 2 unspecified atom stereocenters. The lowest BCUT2D eigenvalue weighted by molar-refractivity contribution is 0.264. The Hall–Kier alpha value is -1.00. The minimum Gasteiger partial charge on any atom is -0.394 e. The summed E-state index contributed by atoms with van der Waals surface area (Å²) < 4.78 is 26.3. The fourth-order valence-electron chi connectivity index (χ4n) is 1.40. The number of aliphatic hydroxyl groups is 1. The standard InChI is InChI=1S/C10H13F2NO/c1-6(11)10-7(9(13)5-14)3-2-4-8(10)12/h2-4,6,9,14H,5,13H2,1H3. The van der Waals surface area contributed by atoms with E-state index in [1.54, 1.807) is 0 Å². The summed E-state index contributed by atoms with van der Waals surface area (Å²) in [6, 6.07) is 3.42. The molecule has 0 saturated heterocycles. The number of hydrogen-bond acceptors (Lipinski definition) is 2. The lowest BCUT2D eigenvalue weighted by Gasteiger charge is -2.15. The summed E-state index contributed by atoms with van der Waals surface area (Å²) in [5, 5.41) is 8.82. The Bertz CT molecular complexity index is 315. The van der Waals surface area contributed by atoms with Crippen LogP contribution in [0.4, 0.5) is 8.78 Å². The molecule has 0 saturated carbocycles. The maximum atomic E-state index is 13.2. The minimum absolute atomic E-state index is 0.0611. The SMILES string of the molecule is CC(F)c1c(F)cccc1C(N)CO. The first-order chi connectivity index (χ1) is 6.57. The molecule has 0 aliphatic rings. The Balaban J connectivity index is 3.21. The van der Waals surface area contributed by atoms with Crippen LogP contribution in [0.5, 0.6) is 0 Å². The van der Waals surface area contributed by atoms with Gasteiger partial charge in [-0.2, -0.15) is 0 Å². The van der Waals surface area contributed by atoms with Crippen molar-refractivity contribution in [1.29, 1.82) is 0 Å². The van der Waals surface area contributed by atoms with Crippen molar-refractivity contribution in [3.05, 3.63) is 35.1 Å². The molecule has 4 heteroatoms. The van der Waals surface area contributed by atoms with Crippen molar-refractivity contribution in [2.75, 3.05) is 6.61 Å². The number of nitrogens with two attached hydrogens (primary N) is 1. The zero-order valence-corrected chi connectivity index (χ0v) is 7.87. The molecule has 0 amide bonds. The van der Waals surface area contributed by atoms with Gasteiger partial charge in [0.15, 0.2) is 0 Å². The van der Waals surface area contributed by atoms with E-state index < -0.39 is 18.0 Å². The van der Waals surface area contributed by atoms with Crippen molar-refractivity contribution in [3.8, 4) is 0 Å². The smallest absolute Gasteiger partial charge is 0.129 e. The van der Waals surface area contributed by atoms with Crippen LogP contribution in [0.15, 0.2) is 18.2 Å². The molecule has 0 bridgehead atoms. The second-order valence-corrected chi connectivity index (χ2v) is 3.15. The molecule has 0 radical (unpaired) electrons. The maximum Gasteiger partial charge on any atom is 0.129 e. The van der Waals surface area contributed by atoms with Crippen LogP contribution in [0.1, 0.15) is 30.3 Å². The molecule has 0 fully saturated rings. The minimum atomic E-state index is -1.43. The third-order valence-corrected chi connectivity index (χ3v) is 2.08. The molecule has 3 N–H and O–H groups in total. The van der Waals surface area contributed by atoms with E-state index >= 15 is 0 Å². The Morgan fingerprint density at radius 3 is 2.64 bits per heavy atom. The zero-order valence-electron chi connectivity index (χ0n) is 7.87. The van der Waals surface area contributed by atoms with Crippen molar-refractivity contribution in [1.82, 2.24) is 0 Å². The second-order valence-electron chi connectivity index (χ2n) is 3.15.